The molecular formula is C16H9BrN4O2. The number of aromatic nitrogens is 1. The van der Waals surface area contributed by atoms with Crippen LogP contribution < -0.4 is 5.73 Å². The van der Waals surface area contributed by atoms with Crippen molar-refractivity contribution in [2.75, 3.05) is 5.73 Å². The molecule has 3 rings (SSSR count). The van der Waals surface area contributed by atoms with Gasteiger partial charge in [-0.1, -0.05) is 28.1 Å². The van der Waals surface area contributed by atoms with Crippen molar-refractivity contribution < 1.29 is 4.92 Å². The van der Waals surface area contributed by atoms with E-state index in [2.05, 4.69) is 20.9 Å². The van der Waals surface area contributed by atoms with E-state index in [1.54, 1.807) is 0 Å². The van der Waals surface area contributed by atoms with Crippen LogP contribution in [0.5, 0.6) is 0 Å². The summed E-state index contributed by atoms with van der Waals surface area (Å²) in [7, 11) is 0. The molecule has 1 aromatic heterocycles. The van der Waals surface area contributed by atoms with Crippen molar-refractivity contribution in [2.24, 2.45) is 0 Å². The molecule has 0 bridgehead atoms. The highest BCUT2D eigenvalue weighted by Crippen LogP contribution is 2.36. The molecule has 0 unspecified atom stereocenters. The van der Waals surface area contributed by atoms with Crippen molar-refractivity contribution >= 4 is 38.3 Å². The number of hydrogen-bond donors (Lipinski definition) is 1. The topological polar surface area (TPSA) is 106 Å². The SMILES string of the molecule is N#Cc1c(N)nc2ccc([N+](=O)[O-])cc2c1-c1cccc(Br)c1. The fourth-order valence-electron chi connectivity index (χ4n) is 2.44. The number of nitrogen functional groups attached to an aromatic ring is 1. The van der Waals surface area contributed by atoms with Gasteiger partial charge in [0, 0.05) is 27.6 Å². The highest BCUT2D eigenvalue weighted by atomic mass is 79.9. The van der Waals surface area contributed by atoms with Gasteiger partial charge in [0.15, 0.2) is 0 Å². The molecule has 112 valence electrons. The number of nitriles is 1. The van der Waals surface area contributed by atoms with E-state index in [-0.39, 0.29) is 17.1 Å². The van der Waals surface area contributed by atoms with Gasteiger partial charge in [-0.3, -0.25) is 10.1 Å². The van der Waals surface area contributed by atoms with Crippen LogP contribution in [0, 0.1) is 21.4 Å². The predicted molar refractivity (Wildman–Crippen MR) is 90.7 cm³/mol. The van der Waals surface area contributed by atoms with Gasteiger partial charge >= 0.3 is 0 Å². The predicted octanol–water partition coefficient (Wildman–Crippen LogP) is 4.03. The average Bonchev–Trinajstić information content (AvgIpc) is 2.53. The van der Waals surface area contributed by atoms with Crippen LogP contribution in [0.15, 0.2) is 46.9 Å². The van der Waals surface area contributed by atoms with Crippen molar-refractivity contribution in [3.8, 4) is 17.2 Å². The molecule has 0 saturated heterocycles. The Morgan fingerprint density at radius 1 is 1.26 bits per heavy atom. The number of fused-ring (bicyclic) bond motifs is 1. The summed E-state index contributed by atoms with van der Waals surface area (Å²) in [6.45, 7) is 0. The summed E-state index contributed by atoms with van der Waals surface area (Å²) in [4.78, 5) is 14.8. The molecule has 7 heteroatoms. The summed E-state index contributed by atoms with van der Waals surface area (Å²) in [6, 6.07) is 13.7. The fourth-order valence-corrected chi connectivity index (χ4v) is 2.84. The van der Waals surface area contributed by atoms with Crippen LogP contribution in [-0.4, -0.2) is 9.91 Å². The van der Waals surface area contributed by atoms with E-state index >= 15 is 0 Å². The Morgan fingerprint density at radius 3 is 2.70 bits per heavy atom. The van der Waals surface area contributed by atoms with Gasteiger partial charge in [-0.05, 0) is 23.8 Å². The third-order valence-corrected chi connectivity index (χ3v) is 3.93. The summed E-state index contributed by atoms with van der Waals surface area (Å²) in [5, 5.41) is 21.0. The summed E-state index contributed by atoms with van der Waals surface area (Å²) < 4.78 is 0.827. The second-order valence-electron chi connectivity index (χ2n) is 4.83. The first-order chi connectivity index (χ1) is 11.0. The molecule has 0 saturated carbocycles. The Kier molecular flexibility index (Phi) is 3.68. The van der Waals surface area contributed by atoms with Gasteiger partial charge in [0.05, 0.1) is 10.4 Å². The number of nitrogens with zero attached hydrogens (tertiary/aromatic N) is 3. The van der Waals surface area contributed by atoms with Crippen molar-refractivity contribution in [3.05, 3.63) is 62.6 Å². The second-order valence-corrected chi connectivity index (χ2v) is 5.74. The van der Waals surface area contributed by atoms with Crippen LogP contribution in [0.1, 0.15) is 5.56 Å². The van der Waals surface area contributed by atoms with E-state index in [0.717, 1.165) is 10.0 Å². The molecular weight excluding hydrogens is 360 g/mol. The first-order valence-electron chi connectivity index (χ1n) is 6.55. The van der Waals surface area contributed by atoms with Crippen LogP contribution in [0.3, 0.4) is 0 Å². The summed E-state index contributed by atoms with van der Waals surface area (Å²) in [5.41, 5.74) is 7.81. The first kappa shape index (κ1) is 14.9. The van der Waals surface area contributed by atoms with Gasteiger partial charge in [-0.25, -0.2) is 4.98 Å². The monoisotopic (exact) mass is 368 g/mol. The quantitative estimate of drug-likeness (QED) is 0.542. The number of pyridine rings is 1. The smallest absolute Gasteiger partial charge is 0.270 e. The Bertz CT molecular complexity index is 995. The lowest BCUT2D eigenvalue weighted by atomic mass is 9.96. The molecule has 3 aromatic rings. The standard InChI is InChI=1S/C16H9BrN4O2/c17-10-3-1-2-9(6-10)15-12-7-11(21(22)23)4-5-14(12)20-16(19)13(15)8-18/h1-7H,(H2,19,20). The van der Waals surface area contributed by atoms with Gasteiger partial charge in [-0.2, -0.15) is 5.26 Å². The maximum absolute atomic E-state index is 11.1. The van der Waals surface area contributed by atoms with Gasteiger partial charge in [-0.15, -0.1) is 0 Å². The molecule has 2 aromatic carbocycles. The lowest BCUT2D eigenvalue weighted by Gasteiger charge is -2.11. The number of anilines is 1. The third kappa shape index (κ3) is 2.60. The number of non-ortho nitro benzene ring substituents is 1. The zero-order valence-corrected chi connectivity index (χ0v) is 13.2. The first-order valence-corrected chi connectivity index (χ1v) is 7.34. The van der Waals surface area contributed by atoms with Crippen LogP contribution >= 0.6 is 15.9 Å². The van der Waals surface area contributed by atoms with Gasteiger partial charge in [0.2, 0.25) is 0 Å². The largest absolute Gasteiger partial charge is 0.383 e. The van der Waals surface area contributed by atoms with Gasteiger partial charge < -0.3 is 5.73 Å². The van der Waals surface area contributed by atoms with Gasteiger partial charge in [0.25, 0.3) is 5.69 Å². The molecule has 0 aliphatic heterocycles. The summed E-state index contributed by atoms with van der Waals surface area (Å²) >= 11 is 3.39. The zero-order chi connectivity index (χ0) is 16.6. The number of nitro groups is 1. The Labute approximate surface area is 139 Å². The molecule has 0 aliphatic rings. The number of nitro benzene ring substituents is 1. The number of nitrogens with two attached hydrogens (primary N) is 1. The van der Waals surface area contributed by atoms with Crippen LogP contribution in [0.4, 0.5) is 11.5 Å². The molecule has 23 heavy (non-hydrogen) atoms. The summed E-state index contributed by atoms with van der Waals surface area (Å²) in [5.74, 6) is 0.101. The van der Waals surface area contributed by atoms with Gasteiger partial charge in [0.1, 0.15) is 17.5 Å². The maximum atomic E-state index is 11.1. The Hall–Kier alpha value is -2.98. The van der Waals surface area contributed by atoms with Crippen LogP contribution in [0.2, 0.25) is 0 Å². The minimum absolute atomic E-state index is 0.0655. The van der Waals surface area contributed by atoms with E-state index in [9.17, 15) is 15.4 Å². The molecule has 0 amide bonds. The Morgan fingerprint density at radius 2 is 2.04 bits per heavy atom. The molecule has 0 spiro atoms. The molecule has 0 atom stereocenters. The van der Waals surface area contributed by atoms with E-state index in [0.29, 0.717) is 16.5 Å². The number of hydrogen-bond acceptors (Lipinski definition) is 5. The molecule has 0 radical (unpaired) electrons. The minimum Gasteiger partial charge on any atom is -0.383 e. The van der Waals surface area contributed by atoms with Crippen molar-refractivity contribution in [3.63, 3.8) is 0 Å². The number of rotatable bonds is 2. The van der Waals surface area contributed by atoms with Crippen molar-refractivity contribution in [1.29, 1.82) is 5.26 Å². The van der Waals surface area contributed by atoms with E-state index in [4.69, 9.17) is 5.73 Å². The molecule has 0 aliphatic carbocycles. The molecule has 1 heterocycles. The lowest BCUT2D eigenvalue weighted by Crippen LogP contribution is -2.00. The molecule has 0 fully saturated rings. The minimum atomic E-state index is -0.480. The number of benzene rings is 2. The highest BCUT2D eigenvalue weighted by Gasteiger charge is 2.18. The fraction of sp³-hybridized carbons (Fsp3) is 0. The van der Waals surface area contributed by atoms with Crippen LogP contribution in [-0.2, 0) is 0 Å². The lowest BCUT2D eigenvalue weighted by molar-refractivity contribution is -0.384. The van der Waals surface area contributed by atoms with Crippen LogP contribution in [0.25, 0.3) is 22.0 Å². The second kappa shape index (κ2) is 5.66. The van der Waals surface area contributed by atoms with Crippen molar-refractivity contribution in [2.45, 2.75) is 0 Å². The number of halogens is 1. The zero-order valence-electron chi connectivity index (χ0n) is 11.7. The normalized spacial score (nSPS) is 10.4. The highest BCUT2D eigenvalue weighted by molar-refractivity contribution is 9.10. The van der Waals surface area contributed by atoms with E-state index < -0.39 is 4.92 Å². The summed E-state index contributed by atoms with van der Waals surface area (Å²) in [6.07, 6.45) is 0. The van der Waals surface area contributed by atoms with E-state index in [1.165, 1.54) is 18.2 Å². The van der Waals surface area contributed by atoms with Crippen molar-refractivity contribution in [1.82, 2.24) is 4.98 Å². The van der Waals surface area contributed by atoms with E-state index in [1.807, 2.05) is 30.3 Å². The molecule has 2 N–H and O–H groups in total. The average molecular weight is 369 g/mol. The maximum Gasteiger partial charge on any atom is 0.270 e. The third-order valence-electron chi connectivity index (χ3n) is 3.43. The molecule has 6 nitrogen and oxygen atoms in total. The Balaban J connectivity index is 2.47.